The Labute approximate surface area is 179 Å². The third-order valence-corrected chi connectivity index (χ3v) is 7.58. The van der Waals surface area contributed by atoms with E-state index < -0.39 is 26.7 Å². The number of hydrogen-bond donors (Lipinski definition) is 1. The molecule has 29 heavy (non-hydrogen) atoms. The number of nitrogens with one attached hydrogen (secondary N) is 1. The highest BCUT2D eigenvalue weighted by atomic mass is 35.5. The molecule has 1 fully saturated rings. The van der Waals surface area contributed by atoms with E-state index in [1.807, 2.05) is 0 Å². The lowest BCUT2D eigenvalue weighted by molar-refractivity contribution is -0.0542. The third-order valence-electron chi connectivity index (χ3n) is 4.59. The van der Waals surface area contributed by atoms with Crippen molar-refractivity contribution in [2.75, 3.05) is 78.4 Å². The lowest BCUT2D eigenvalue weighted by Crippen LogP contribution is -2.50. The van der Waals surface area contributed by atoms with Crippen LogP contribution in [0.1, 0.15) is 20.8 Å². The van der Waals surface area contributed by atoms with Crippen LogP contribution in [0.2, 0.25) is 0 Å². The number of halogens is 1. The first-order valence-corrected chi connectivity index (χ1v) is 12.0. The highest BCUT2D eigenvalue weighted by Gasteiger charge is 2.37. The molecule has 1 N–H and O–H groups in total. The first kappa shape index (κ1) is 27.0. The summed E-state index contributed by atoms with van der Waals surface area (Å²) < 4.78 is 58.6. The van der Waals surface area contributed by atoms with Crippen molar-refractivity contribution in [3.63, 3.8) is 0 Å². The topological polar surface area (TPSA) is 102 Å². The predicted molar refractivity (Wildman–Crippen MR) is 110 cm³/mol. The molecule has 0 aromatic heterocycles. The van der Waals surface area contributed by atoms with Gasteiger partial charge in [-0.15, -0.1) is 0 Å². The van der Waals surface area contributed by atoms with Gasteiger partial charge in [-0.25, -0.2) is 13.3 Å². The molecule has 0 amide bonds. The molecule has 2 unspecified atom stereocenters. The summed E-state index contributed by atoms with van der Waals surface area (Å²) in [5.41, 5.74) is -0.782. The van der Waals surface area contributed by atoms with Gasteiger partial charge in [0.15, 0.2) is 9.84 Å². The molecule has 11 heteroatoms. The van der Waals surface area contributed by atoms with Crippen molar-refractivity contribution in [3.8, 4) is 0 Å². The molecule has 0 aromatic rings. The van der Waals surface area contributed by atoms with Crippen LogP contribution in [-0.2, 0) is 38.3 Å². The molecule has 0 aromatic carbocycles. The van der Waals surface area contributed by atoms with E-state index in [1.165, 1.54) is 0 Å². The average Bonchev–Trinajstić information content (AvgIpc) is 2.68. The lowest BCUT2D eigenvalue weighted by Gasteiger charge is -2.31. The summed E-state index contributed by atoms with van der Waals surface area (Å²) in [6, 6.07) is 0. The summed E-state index contributed by atoms with van der Waals surface area (Å²) in [5, 5.41) is -0.708. The molecule has 0 spiro atoms. The molecule has 2 atom stereocenters. The first-order chi connectivity index (χ1) is 13.8. The fourth-order valence-corrected chi connectivity index (χ4v) is 4.63. The summed E-state index contributed by atoms with van der Waals surface area (Å²) in [4.78, 5) is 2.54. The Hall–Kier alpha value is -0.0400. The average molecular weight is 462 g/mol. The van der Waals surface area contributed by atoms with Crippen molar-refractivity contribution in [1.29, 1.82) is 0 Å². The number of hydrogen-bond acceptors (Lipinski definition) is 9. The summed E-state index contributed by atoms with van der Waals surface area (Å²) in [6.07, 6.45) is -0.615. The van der Waals surface area contributed by atoms with E-state index in [-0.39, 0.29) is 19.0 Å². The first-order valence-electron chi connectivity index (χ1n) is 9.89. The lowest BCUT2D eigenvalue weighted by atomic mass is 10.0. The Morgan fingerprint density at radius 2 is 1.28 bits per heavy atom. The van der Waals surface area contributed by atoms with Crippen molar-refractivity contribution < 1.29 is 36.8 Å². The van der Waals surface area contributed by atoms with Crippen molar-refractivity contribution in [1.82, 2.24) is 4.84 Å². The molecule has 0 bridgehead atoms. The third kappa shape index (κ3) is 11.8. The van der Waals surface area contributed by atoms with Gasteiger partial charge in [0.1, 0.15) is 0 Å². The van der Waals surface area contributed by atoms with Gasteiger partial charge < -0.3 is 28.4 Å². The summed E-state index contributed by atoms with van der Waals surface area (Å²) >= 11 is 5.71. The number of rotatable bonds is 5. The van der Waals surface area contributed by atoms with Crippen LogP contribution >= 0.6 is 11.8 Å². The molecular weight excluding hydrogens is 426 g/mol. The van der Waals surface area contributed by atoms with Gasteiger partial charge in [-0.05, 0) is 32.5 Å². The van der Waals surface area contributed by atoms with E-state index in [0.29, 0.717) is 59.5 Å². The molecule has 1 aliphatic rings. The van der Waals surface area contributed by atoms with E-state index >= 15 is 0 Å². The Kier molecular flexibility index (Phi) is 13.8. The Morgan fingerprint density at radius 1 is 0.862 bits per heavy atom. The van der Waals surface area contributed by atoms with E-state index in [0.717, 1.165) is 0 Å². The SMILES string of the molecule is CC(C(C)(C)NCl)S(=O)(=O)CC1COCCOCCOCCOCCOCCO1. The van der Waals surface area contributed by atoms with Gasteiger partial charge >= 0.3 is 0 Å². The minimum atomic E-state index is -3.49. The molecule has 1 rings (SSSR count). The molecular formula is C18H36ClNO8S. The standard InChI is InChI=1S/C18H36ClNO8S/c1-16(18(2,3)20-19)29(21,22)15-17-14-27-11-10-25-7-6-23-4-5-24-8-9-26-12-13-28-17/h16-17,20H,4-15H2,1-3H3. The van der Waals surface area contributed by atoms with Gasteiger partial charge in [-0.2, -0.15) is 0 Å². The molecule has 1 aliphatic heterocycles. The number of ether oxygens (including phenoxy) is 6. The fourth-order valence-electron chi connectivity index (χ4n) is 2.44. The van der Waals surface area contributed by atoms with E-state index in [4.69, 9.17) is 40.2 Å². The van der Waals surface area contributed by atoms with Crippen LogP contribution in [-0.4, -0.2) is 104 Å². The van der Waals surface area contributed by atoms with Crippen molar-refractivity contribution in [2.45, 2.75) is 37.7 Å². The molecule has 1 heterocycles. The largest absolute Gasteiger partial charge is 0.377 e. The minimum absolute atomic E-state index is 0.143. The second-order valence-corrected chi connectivity index (χ2v) is 9.86. The molecule has 0 saturated carbocycles. The smallest absolute Gasteiger partial charge is 0.157 e. The monoisotopic (exact) mass is 461 g/mol. The van der Waals surface area contributed by atoms with Gasteiger partial charge in [0.25, 0.3) is 0 Å². The summed E-state index contributed by atoms with van der Waals surface area (Å²) in [7, 11) is -3.49. The maximum absolute atomic E-state index is 12.8. The molecule has 9 nitrogen and oxygen atoms in total. The van der Waals surface area contributed by atoms with Crippen molar-refractivity contribution in [3.05, 3.63) is 0 Å². The molecule has 1 saturated heterocycles. The minimum Gasteiger partial charge on any atom is -0.377 e. The molecule has 0 radical (unpaired) electrons. The number of sulfone groups is 1. The van der Waals surface area contributed by atoms with Gasteiger partial charge in [0.05, 0.1) is 89.8 Å². The van der Waals surface area contributed by atoms with Gasteiger partial charge in [0.2, 0.25) is 0 Å². The summed E-state index contributed by atoms with van der Waals surface area (Å²) in [6.45, 7) is 9.39. The van der Waals surface area contributed by atoms with Crippen LogP contribution in [0.4, 0.5) is 0 Å². The maximum atomic E-state index is 12.8. The molecule has 0 aliphatic carbocycles. The highest BCUT2D eigenvalue weighted by Crippen LogP contribution is 2.20. The second kappa shape index (κ2) is 14.9. The Morgan fingerprint density at radius 3 is 1.72 bits per heavy atom. The Balaban J connectivity index is 2.59. The summed E-state index contributed by atoms with van der Waals surface area (Å²) in [5.74, 6) is -0.173. The zero-order valence-electron chi connectivity index (χ0n) is 17.7. The van der Waals surface area contributed by atoms with Crippen LogP contribution < -0.4 is 4.84 Å². The quantitative estimate of drug-likeness (QED) is 0.595. The van der Waals surface area contributed by atoms with E-state index in [9.17, 15) is 8.42 Å². The zero-order valence-corrected chi connectivity index (χ0v) is 19.3. The van der Waals surface area contributed by atoms with Crippen LogP contribution in [0.15, 0.2) is 0 Å². The van der Waals surface area contributed by atoms with Crippen molar-refractivity contribution >= 4 is 21.6 Å². The highest BCUT2D eigenvalue weighted by molar-refractivity contribution is 7.92. The van der Waals surface area contributed by atoms with Crippen LogP contribution in [0.3, 0.4) is 0 Å². The van der Waals surface area contributed by atoms with Crippen LogP contribution in [0, 0.1) is 0 Å². The van der Waals surface area contributed by atoms with Crippen LogP contribution in [0.25, 0.3) is 0 Å². The fraction of sp³-hybridized carbons (Fsp3) is 1.00. The van der Waals surface area contributed by atoms with E-state index in [2.05, 4.69) is 4.84 Å². The second-order valence-electron chi connectivity index (χ2n) is 7.31. The predicted octanol–water partition coefficient (Wildman–Crippen LogP) is 0.794. The van der Waals surface area contributed by atoms with Crippen LogP contribution in [0.5, 0.6) is 0 Å². The Bertz CT molecular complexity index is 502. The van der Waals surface area contributed by atoms with Crippen molar-refractivity contribution in [2.24, 2.45) is 0 Å². The van der Waals surface area contributed by atoms with Gasteiger partial charge in [-0.1, -0.05) is 0 Å². The van der Waals surface area contributed by atoms with Gasteiger partial charge in [-0.3, -0.25) is 0 Å². The van der Waals surface area contributed by atoms with Gasteiger partial charge in [0, 0.05) is 5.54 Å². The zero-order chi connectivity index (χ0) is 21.6. The normalized spacial score (nSPS) is 24.3. The maximum Gasteiger partial charge on any atom is 0.157 e. The van der Waals surface area contributed by atoms with E-state index in [1.54, 1.807) is 20.8 Å². The molecule has 174 valence electrons.